The lowest BCUT2D eigenvalue weighted by molar-refractivity contribution is -0.114. The van der Waals surface area contributed by atoms with Crippen LogP contribution in [-0.2, 0) is 4.79 Å². The lowest BCUT2D eigenvalue weighted by atomic mass is 10.1. The standard InChI is InChI=1S/C13H15NO2S/c1-3-17-7-6-14-11-5-4-9(2)8-10(11)12(15)13(14)16/h4-5,8H,3,6-7H2,1-2H3. The lowest BCUT2D eigenvalue weighted by Gasteiger charge is -2.15. The molecule has 1 aromatic carbocycles. The molecule has 4 heteroatoms. The van der Waals surface area contributed by atoms with Gasteiger partial charge >= 0.3 is 0 Å². The minimum absolute atomic E-state index is 0.370. The zero-order valence-electron chi connectivity index (χ0n) is 10.0. The van der Waals surface area contributed by atoms with Gasteiger partial charge < -0.3 is 4.90 Å². The van der Waals surface area contributed by atoms with Gasteiger partial charge in [-0.05, 0) is 24.8 Å². The van der Waals surface area contributed by atoms with Crippen molar-refractivity contribution in [2.45, 2.75) is 13.8 Å². The van der Waals surface area contributed by atoms with E-state index in [4.69, 9.17) is 0 Å². The molecule has 1 aromatic rings. The predicted octanol–water partition coefficient (Wildman–Crippen LogP) is 2.28. The van der Waals surface area contributed by atoms with Crippen molar-refractivity contribution in [3.63, 3.8) is 0 Å². The number of amides is 1. The first-order valence-electron chi connectivity index (χ1n) is 5.69. The third-order valence-corrected chi connectivity index (χ3v) is 3.67. The fraction of sp³-hybridized carbons (Fsp3) is 0.385. The number of carbonyl (C=O) groups is 2. The molecule has 0 fully saturated rings. The van der Waals surface area contributed by atoms with Gasteiger partial charge in [0.15, 0.2) is 0 Å². The van der Waals surface area contributed by atoms with Gasteiger partial charge in [0, 0.05) is 12.3 Å². The Hall–Kier alpha value is -1.29. The number of thioether (sulfide) groups is 1. The van der Waals surface area contributed by atoms with Gasteiger partial charge in [0.25, 0.3) is 11.7 Å². The highest BCUT2D eigenvalue weighted by Gasteiger charge is 2.35. The van der Waals surface area contributed by atoms with Gasteiger partial charge in [0.1, 0.15) is 0 Å². The number of rotatable bonds is 4. The van der Waals surface area contributed by atoms with Crippen LogP contribution in [0.15, 0.2) is 18.2 Å². The zero-order valence-corrected chi connectivity index (χ0v) is 10.8. The maximum atomic E-state index is 11.8. The maximum Gasteiger partial charge on any atom is 0.299 e. The van der Waals surface area contributed by atoms with Gasteiger partial charge in [-0.15, -0.1) is 0 Å². The van der Waals surface area contributed by atoms with Crippen molar-refractivity contribution in [3.8, 4) is 0 Å². The summed E-state index contributed by atoms with van der Waals surface area (Å²) in [5, 5.41) is 0. The number of ketones is 1. The van der Waals surface area contributed by atoms with Crippen LogP contribution in [-0.4, -0.2) is 29.7 Å². The molecule has 0 unspecified atom stereocenters. The van der Waals surface area contributed by atoms with Crippen molar-refractivity contribution in [1.29, 1.82) is 0 Å². The van der Waals surface area contributed by atoms with Gasteiger partial charge in [-0.1, -0.05) is 18.6 Å². The Morgan fingerprint density at radius 2 is 2.06 bits per heavy atom. The van der Waals surface area contributed by atoms with E-state index < -0.39 is 0 Å². The summed E-state index contributed by atoms with van der Waals surface area (Å²) in [6.45, 7) is 4.62. The first-order chi connectivity index (χ1) is 8.15. The van der Waals surface area contributed by atoms with Crippen LogP contribution in [0.25, 0.3) is 0 Å². The number of Topliss-reactive ketones (excluding diaryl/α,β-unsaturated/α-hetero) is 1. The van der Waals surface area contributed by atoms with E-state index in [1.165, 1.54) is 0 Å². The van der Waals surface area contributed by atoms with Crippen LogP contribution in [0.1, 0.15) is 22.8 Å². The SMILES string of the molecule is CCSCCN1C(=O)C(=O)c2cc(C)ccc21. The summed E-state index contributed by atoms with van der Waals surface area (Å²) in [5.74, 6) is 1.13. The number of hydrogen-bond acceptors (Lipinski definition) is 3. The third kappa shape index (κ3) is 2.22. The van der Waals surface area contributed by atoms with Gasteiger partial charge in [-0.3, -0.25) is 9.59 Å². The predicted molar refractivity (Wildman–Crippen MR) is 70.9 cm³/mol. The summed E-state index contributed by atoms with van der Waals surface area (Å²) in [5.41, 5.74) is 2.33. The van der Waals surface area contributed by atoms with E-state index in [-0.39, 0.29) is 11.7 Å². The third-order valence-electron chi connectivity index (χ3n) is 2.79. The maximum absolute atomic E-state index is 11.8. The average Bonchev–Trinajstić information content (AvgIpc) is 2.54. The van der Waals surface area contributed by atoms with Gasteiger partial charge in [0.2, 0.25) is 0 Å². The Labute approximate surface area is 105 Å². The van der Waals surface area contributed by atoms with Gasteiger partial charge in [-0.25, -0.2) is 0 Å². The molecule has 0 bridgehead atoms. The Bertz CT molecular complexity index is 470. The van der Waals surface area contributed by atoms with Crippen molar-refractivity contribution in [2.75, 3.05) is 23.0 Å². The van der Waals surface area contributed by atoms with Crippen LogP contribution >= 0.6 is 11.8 Å². The number of hydrogen-bond donors (Lipinski definition) is 0. The molecule has 0 radical (unpaired) electrons. The highest BCUT2D eigenvalue weighted by atomic mass is 32.2. The lowest BCUT2D eigenvalue weighted by Crippen LogP contribution is -2.31. The minimum atomic E-state index is -0.387. The zero-order chi connectivity index (χ0) is 12.4. The Kier molecular flexibility index (Phi) is 3.52. The number of nitrogens with zero attached hydrogens (tertiary/aromatic N) is 1. The van der Waals surface area contributed by atoms with Crippen LogP contribution in [0.4, 0.5) is 5.69 Å². The second-order valence-electron chi connectivity index (χ2n) is 4.00. The summed E-state index contributed by atoms with van der Waals surface area (Å²) in [7, 11) is 0. The van der Waals surface area contributed by atoms with Crippen molar-refractivity contribution in [3.05, 3.63) is 29.3 Å². The molecular weight excluding hydrogens is 234 g/mol. The van der Waals surface area contributed by atoms with E-state index in [0.29, 0.717) is 12.1 Å². The number of anilines is 1. The molecule has 2 rings (SSSR count). The topological polar surface area (TPSA) is 37.4 Å². The normalized spacial score (nSPS) is 14.4. The fourth-order valence-electron chi connectivity index (χ4n) is 1.94. The monoisotopic (exact) mass is 249 g/mol. The molecule has 1 amide bonds. The van der Waals surface area contributed by atoms with Crippen molar-refractivity contribution in [2.24, 2.45) is 0 Å². The van der Waals surface area contributed by atoms with Gasteiger partial charge in [-0.2, -0.15) is 11.8 Å². The van der Waals surface area contributed by atoms with Crippen LogP contribution in [0.3, 0.4) is 0 Å². The Morgan fingerprint density at radius 3 is 2.76 bits per heavy atom. The summed E-state index contributed by atoms with van der Waals surface area (Å²) in [4.78, 5) is 25.2. The smallest absolute Gasteiger partial charge is 0.299 e. The molecule has 0 aromatic heterocycles. The quantitative estimate of drug-likeness (QED) is 0.607. The van der Waals surface area contributed by atoms with E-state index in [0.717, 1.165) is 22.8 Å². The summed E-state index contributed by atoms with van der Waals surface area (Å²) in [6.07, 6.45) is 0. The highest BCUT2D eigenvalue weighted by Crippen LogP contribution is 2.29. The minimum Gasteiger partial charge on any atom is -0.304 e. The molecule has 3 nitrogen and oxygen atoms in total. The molecule has 0 saturated heterocycles. The molecular formula is C13H15NO2S. The summed E-state index contributed by atoms with van der Waals surface area (Å²) >= 11 is 1.77. The summed E-state index contributed by atoms with van der Waals surface area (Å²) in [6, 6.07) is 5.59. The second kappa shape index (κ2) is 4.92. The van der Waals surface area contributed by atoms with E-state index in [1.807, 2.05) is 19.1 Å². The van der Waals surface area contributed by atoms with Crippen molar-refractivity contribution >= 4 is 29.1 Å². The second-order valence-corrected chi connectivity index (χ2v) is 5.40. The molecule has 0 atom stereocenters. The summed E-state index contributed by atoms with van der Waals surface area (Å²) < 4.78 is 0. The Morgan fingerprint density at radius 1 is 1.29 bits per heavy atom. The van der Waals surface area contributed by atoms with E-state index >= 15 is 0 Å². The molecule has 0 spiro atoms. The van der Waals surface area contributed by atoms with Crippen LogP contribution < -0.4 is 4.90 Å². The van der Waals surface area contributed by atoms with Crippen LogP contribution in [0.2, 0.25) is 0 Å². The van der Waals surface area contributed by atoms with Crippen molar-refractivity contribution in [1.82, 2.24) is 0 Å². The fourth-order valence-corrected chi connectivity index (χ4v) is 2.54. The number of benzene rings is 1. The first-order valence-corrected chi connectivity index (χ1v) is 6.85. The number of fused-ring (bicyclic) bond motifs is 1. The number of carbonyl (C=O) groups excluding carboxylic acids is 2. The molecule has 17 heavy (non-hydrogen) atoms. The van der Waals surface area contributed by atoms with E-state index in [9.17, 15) is 9.59 Å². The molecule has 0 saturated carbocycles. The highest BCUT2D eigenvalue weighted by molar-refractivity contribution is 7.99. The molecule has 1 aliphatic heterocycles. The molecule has 1 heterocycles. The van der Waals surface area contributed by atoms with Crippen LogP contribution in [0.5, 0.6) is 0 Å². The van der Waals surface area contributed by atoms with Gasteiger partial charge in [0.05, 0.1) is 11.3 Å². The average molecular weight is 249 g/mol. The largest absolute Gasteiger partial charge is 0.304 e. The number of aryl methyl sites for hydroxylation is 1. The molecule has 90 valence electrons. The van der Waals surface area contributed by atoms with Crippen molar-refractivity contribution < 1.29 is 9.59 Å². The first kappa shape index (κ1) is 12.2. The molecule has 0 aliphatic carbocycles. The molecule has 0 N–H and O–H groups in total. The molecule has 1 aliphatic rings. The van der Waals surface area contributed by atoms with Crippen LogP contribution in [0, 0.1) is 6.92 Å². The Balaban J connectivity index is 2.25. The van der Waals surface area contributed by atoms with E-state index in [1.54, 1.807) is 22.7 Å². The van der Waals surface area contributed by atoms with E-state index in [2.05, 4.69) is 6.92 Å².